The molecule has 0 spiro atoms. The van der Waals surface area contributed by atoms with Gasteiger partial charge in [-0.05, 0) is 37.3 Å². The molecule has 1 atom stereocenters. The maximum atomic E-state index is 9.44. The Bertz CT molecular complexity index is 371. The van der Waals surface area contributed by atoms with Crippen molar-refractivity contribution in [2.45, 2.75) is 50.4 Å². The van der Waals surface area contributed by atoms with Crippen LogP contribution in [0.2, 0.25) is 0 Å². The predicted octanol–water partition coefficient (Wildman–Crippen LogP) is 2.31. The average Bonchev–Trinajstić information content (AvgIpc) is 2.81. The van der Waals surface area contributed by atoms with Crippen LogP contribution in [0.25, 0.3) is 0 Å². The van der Waals surface area contributed by atoms with E-state index in [0.717, 1.165) is 37.9 Å². The Morgan fingerprint density at radius 3 is 2.72 bits per heavy atom. The van der Waals surface area contributed by atoms with Crippen LogP contribution in [0.3, 0.4) is 0 Å². The molecule has 1 saturated carbocycles. The van der Waals surface area contributed by atoms with E-state index >= 15 is 0 Å². The summed E-state index contributed by atoms with van der Waals surface area (Å²) in [4.78, 5) is 0. The van der Waals surface area contributed by atoms with E-state index in [1.165, 1.54) is 5.56 Å². The molecule has 0 saturated heterocycles. The molecule has 1 aromatic carbocycles. The molecule has 0 aromatic heterocycles. The summed E-state index contributed by atoms with van der Waals surface area (Å²) in [6.07, 6.45) is 4.99. The molecule has 3 heteroatoms. The number of aliphatic hydroxyl groups excluding tert-OH is 1. The lowest BCUT2D eigenvalue weighted by atomic mass is 9.95. The van der Waals surface area contributed by atoms with Crippen molar-refractivity contribution in [3.8, 4) is 5.75 Å². The summed E-state index contributed by atoms with van der Waals surface area (Å²) < 4.78 is 11.8. The van der Waals surface area contributed by atoms with Gasteiger partial charge in [-0.3, -0.25) is 0 Å². The molecule has 18 heavy (non-hydrogen) atoms. The van der Waals surface area contributed by atoms with Crippen molar-refractivity contribution in [1.82, 2.24) is 0 Å². The third-order valence-corrected chi connectivity index (χ3v) is 3.88. The van der Waals surface area contributed by atoms with Crippen molar-refractivity contribution < 1.29 is 14.6 Å². The molecule has 1 fully saturated rings. The molecule has 0 radical (unpaired) electrons. The average molecular weight is 248 g/mol. The van der Waals surface area contributed by atoms with Crippen LogP contribution in [0.4, 0.5) is 0 Å². The molecule has 1 N–H and O–H groups in total. The van der Waals surface area contributed by atoms with Crippen LogP contribution in [-0.2, 0) is 11.2 Å². The number of rotatable bonds is 3. The smallest absolute Gasteiger partial charge is 0.126 e. The second-order valence-corrected chi connectivity index (χ2v) is 5.32. The van der Waals surface area contributed by atoms with Gasteiger partial charge in [-0.15, -0.1) is 0 Å². The highest BCUT2D eigenvalue weighted by atomic mass is 16.5. The van der Waals surface area contributed by atoms with Gasteiger partial charge in [-0.25, -0.2) is 0 Å². The first-order valence-corrected chi connectivity index (χ1v) is 6.85. The van der Waals surface area contributed by atoms with Crippen molar-refractivity contribution in [1.29, 1.82) is 0 Å². The van der Waals surface area contributed by atoms with Crippen molar-refractivity contribution >= 4 is 0 Å². The summed E-state index contributed by atoms with van der Waals surface area (Å²) in [5.74, 6) is 1.00. The van der Waals surface area contributed by atoms with Gasteiger partial charge in [0.15, 0.2) is 0 Å². The monoisotopic (exact) mass is 248 g/mol. The van der Waals surface area contributed by atoms with Crippen LogP contribution in [-0.4, -0.2) is 30.0 Å². The summed E-state index contributed by atoms with van der Waals surface area (Å²) >= 11 is 0. The van der Waals surface area contributed by atoms with Crippen molar-refractivity contribution in [3.63, 3.8) is 0 Å². The maximum Gasteiger partial charge on any atom is 0.126 e. The molecule has 1 heterocycles. The highest BCUT2D eigenvalue weighted by Crippen LogP contribution is 2.29. The lowest BCUT2D eigenvalue weighted by Crippen LogP contribution is -2.29. The standard InChI is InChI=1S/C15H20O3/c16-12-5-7-13(8-6-12)17-10-14-9-11-3-1-2-4-15(11)18-14/h1-4,12-14,16H,5-10H2. The number of fused-ring (bicyclic) bond motifs is 1. The number of aliphatic hydroxyl groups is 1. The van der Waals surface area contributed by atoms with Gasteiger partial charge in [-0.1, -0.05) is 18.2 Å². The lowest BCUT2D eigenvalue weighted by molar-refractivity contribution is -0.0296. The normalized spacial score (nSPS) is 30.8. The molecule has 1 unspecified atom stereocenters. The molecule has 98 valence electrons. The van der Waals surface area contributed by atoms with E-state index in [4.69, 9.17) is 9.47 Å². The van der Waals surface area contributed by atoms with Crippen LogP contribution in [0.1, 0.15) is 31.2 Å². The Hall–Kier alpha value is -1.06. The number of hydrogen-bond donors (Lipinski definition) is 1. The van der Waals surface area contributed by atoms with Gasteiger partial charge in [0.05, 0.1) is 18.8 Å². The fourth-order valence-corrected chi connectivity index (χ4v) is 2.80. The summed E-state index contributed by atoms with van der Waals surface area (Å²) in [5.41, 5.74) is 1.28. The van der Waals surface area contributed by atoms with E-state index in [1.54, 1.807) is 0 Å². The van der Waals surface area contributed by atoms with Crippen molar-refractivity contribution in [2.24, 2.45) is 0 Å². The fraction of sp³-hybridized carbons (Fsp3) is 0.600. The third-order valence-electron chi connectivity index (χ3n) is 3.88. The first kappa shape index (κ1) is 12.0. The minimum atomic E-state index is -0.114. The highest BCUT2D eigenvalue weighted by Gasteiger charge is 2.25. The van der Waals surface area contributed by atoms with Gasteiger partial charge in [-0.2, -0.15) is 0 Å². The van der Waals surface area contributed by atoms with E-state index < -0.39 is 0 Å². The molecule has 1 aliphatic carbocycles. The topological polar surface area (TPSA) is 38.7 Å². The van der Waals surface area contributed by atoms with Crippen molar-refractivity contribution in [2.75, 3.05) is 6.61 Å². The van der Waals surface area contributed by atoms with E-state index in [2.05, 4.69) is 6.07 Å². The molecule has 3 nitrogen and oxygen atoms in total. The Morgan fingerprint density at radius 1 is 1.17 bits per heavy atom. The van der Waals surface area contributed by atoms with E-state index in [1.807, 2.05) is 18.2 Å². The zero-order valence-electron chi connectivity index (χ0n) is 10.5. The minimum absolute atomic E-state index is 0.114. The summed E-state index contributed by atoms with van der Waals surface area (Å²) in [7, 11) is 0. The molecule has 3 rings (SSSR count). The molecule has 0 amide bonds. The van der Waals surface area contributed by atoms with E-state index in [9.17, 15) is 5.11 Å². The van der Waals surface area contributed by atoms with Gasteiger partial charge < -0.3 is 14.6 Å². The largest absolute Gasteiger partial charge is 0.487 e. The quantitative estimate of drug-likeness (QED) is 0.892. The maximum absolute atomic E-state index is 9.44. The fourth-order valence-electron chi connectivity index (χ4n) is 2.80. The molecule has 0 bridgehead atoms. The minimum Gasteiger partial charge on any atom is -0.487 e. The van der Waals surface area contributed by atoms with Crippen LogP contribution in [0, 0.1) is 0 Å². The third kappa shape index (κ3) is 2.68. The molecular formula is C15H20O3. The molecular weight excluding hydrogens is 228 g/mol. The van der Waals surface area contributed by atoms with Crippen LogP contribution < -0.4 is 4.74 Å². The van der Waals surface area contributed by atoms with Gasteiger partial charge in [0.25, 0.3) is 0 Å². The van der Waals surface area contributed by atoms with E-state index in [-0.39, 0.29) is 12.2 Å². The second-order valence-electron chi connectivity index (χ2n) is 5.32. The Kier molecular flexibility index (Phi) is 3.52. The van der Waals surface area contributed by atoms with Gasteiger partial charge in [0.2, 0.25) is 0 Å². The van der Waals surface area contributed by atoms with E-state index in [0.29, 0.717) is 12.7 Å². The summed E-state index contributed by atoms with van der Waals surface area (Å²) in [5, 5.41) is 9.44. The first-order chi connectivity index (χ1) is 8.81. The first-order valence-electron chi connectivity index (χ1n) is 6.85. The zero-order valence-corrected chi connectivity index (χ0v) is 10.5. The SMILES string of the molecule is OC1CCC(OCC2Cc3ccccc3O2)CC1. The van der Waals surface area contributed by atoms with Crippen molar-refractivity contribution in [3.05, 3.63) is 29.8 Å². The number of ether oxygens (including phenoxy) is 2. The predicted molar refractivity (Wildman–Crippen MR) is 68.8 cm³/mol. The van der Waals surface area contributed by atoms with Crippen LogP contribution >= 0.6 is 0 Å². The van der Waals surface area contributed by atoms with Crippen LogP contribution in [0.5, 0.6) is 5.75 Å². The zero-order chi connectivity index (χ0) is 12.4. The van der Waals surface area contributed by atoms with Gasteiger partial charge in [0, 0.05) is 6.42 Å². The number of para-hydroxylation sites is 1. The summed E-state index contributed by atoms with van der Waals surface area (Å²) in [6, 6.07) is 8.19. The molecule has 1 aliphatic heterocycles. The highest BCUT2D eigenvalue weighted by molar-refractivity contribution is 5.37. The van der Waals surface area contributed by atoms with Gasteiger partial charge >= 0.3 is 0 Å². The van der Waals surface area contributed by atoms with Gasteiger partial charge in [0.1, 0.15) is 11.9 Å². The summed E-state index contributed by atoms with van der Waals surface area (Å²) in [6.45, 7) is 0.662. The Morgan fingerprint density at radius 2 is 1.94 bits per heavy atom. The second kappa shape index (κ2) is 5.29. The number of hydrogen-bond acceptors (Lipinski definition) is 3. The molecule has 1 aromatic rings. The Labute approximate surface area is 108 Å². The Balaban J connectivity index is 1.46. The lowest BCUT2D eigenvalue weighted by Gasteiger charge is -2.26. The molecule has 2 aliphatic rings. The van der Waals surface area contributed by atoms with Crippen LogP contribution in [0.15, 0.2) is 24.3 Å². The number of benzene rings is 1.